The molecule has 6 heteroatoms. The summed E-state index contributed by atoms with van der Waals surface area (Å²) in [5.41, 5.74) is 1.31. The predicted octanol–water partition coefficient (Wildman–Crippen LogP) is 1.60. The molecule has 1 aliphatic heterocycles. The maximum absolute atomic E-state index is 12.2. The largest absolute Gasteiger partial charge is 0.497 e. The number of carbonyl (C=O) groups is 1. The van der Waals surface area contributed by atoms with Crippen LogP contribution in [0.15, 0.2) is 24.3 Å². The van der Waals surface area contributed by atoms with Crippen molar-refractivity contribution >= 4 is 6.03 Å². The lowest BCUT2D eigenvalue weighted by atomic mass is 10.1. The molecule has 2 rings (SSSR count). The van der Waals surface area contributed by atoms with Crippen molar-refractivity contribution < 1.29 is 14.3 Å². The number of nitrogens with zero attached hydrogens (tertiary/aromatic N) is 2. The van der Waals surface area contributed by atoms with E-state index in [2.05, 4.69) is 22.3 Å². The molecular weight excluding hydrogens is 306 g/mol. The van der Waals surface area contributed by atoms with Crippen LogP contribution in [-0.4, -0.2) is 75.4 Å². The fourth-order valence-electron chi connectivity index (χ4n) is 2.85. The van der Waals surface area contributed by atoms with Crippen LogP contribution in [0.1, 0.15) is 12.5 Å². The highest BCUT2D eigenvalue weighted by Crippen LogP contribution is 2.12. The average molecular weight is 335 g/mol. The topological polar surface area (TPSA) is 54.0 Å². The molecule has 0 bridgehead atoms. The highest BCUT2D eigenvalue weighted by Gasteiger charge is 2.21. The Morgan fingerprint density at radius 2 is 1.83 bits per heavy atom. The van der Waals surface area contributed by atoms with E-state index in [1.165, 1.54) is 5.56 Å². The van der Waals surface area contributed by atoms with E-state index in [1.54, 1.807) is 14.2 Å². The van der Waals surface area contributed by atoms with Gasteiger partial charge in [0.1, 0.15) is 5.75 Å². The summed E-state index contributed by atoms with van der Waals surface area (Å²) in [5.74, 6) is 0.890. The van der Waals surface area contributed by atoms with Crippen LogP contribution < -0.4 is 10.1 Å². The summed E-state index contributed by atoms with van der Waals surface area (Å²) < 4.78 is 10.2. The van der Waals surface area contributed by atoms with Gasteiger partial charge in [-0.3, -0.25) is 4.90 Å². The highest BCUT2D eigenvalue weighted by molar-refractivity contribution is 5.74. The molecule has 2 amide bonds. The lowest BCUT2D eigenvalue weighted by Crippen LogP contribution is -2.53. The third-order valence-electron chi connectivity index (χ3n) is 4.32. The number of rotatable bonds is 7. The number of carbonyl (C=O) groups excluding carboxylic acids is 1. The van der Waals surface area contributed by atoms with Gasteiger partial charge in [-0.2, -0.15) is 0 Å². The minimum Gasteiger partial charge on any atom is -0.497 e. The van der Waals surface area contributed by atoms with Gasteiger partial charge in [-0.25, -0.2) is 4.79 Å². The minimum absolute atomic E-state index is 0.00866. The number of hydrogen-bond donors (Lipinski definition) is 1. The first-order valence-corrected chi connectivity index (χ1v) is 8.52. The Bertz CT molecular complexity index is 499. The number of benzene rings is 1. The summed E-state index contributed by atoms with van der Waals surface area (Å²) in [6.07, 6.45) is 1.01. The number of ether oxygens (including phenoxy) is 2. The van der Waals surface area contributed by atoms with Crippen LogP contribution in [0.3, 0.4) is 0 Å². The van der Waals surface area contributed by atoms with E-state index in [0.29, 0.717) is 6.61 Å². The van der Waals surface area contributed by atoms with Crippen molar-refractivity contribution in [3.63, 3.8) is 0 Å². The van der Waals surface area contributed by atoms with Gasteiger partial charge in [0, 0.05) is 39.8 Å². The summed E-state index contributed by atoms with van der Waals surface area (Å²) in [6, 6.07) is 8.27. The molecule has 1 fully saturated rings. The second kappa shape index (κ2) is 9.49. The Balaban J connectivity index is 1.69. The molecule has 0 aromatic heterocycles. The maximum atomic E-state index is 12.2. The van der Waals surface area contributed by atoms with Crippen molar-refractivity contribution in [1.29, 1.82) is 0 Å². The first-order valence-electron chi connectivity index (χ1n) is 8.52. The van der Waals surface area contributed by atoms with Crippen molar-refractivity contribution in [2.75, 3.05) is 53.6 Å². The standard InChI is InChI=1S/C18H29N3O3/c1-15(14-23-2)19-18(22)21-12-10-20(11-13-21)9-8-16-4-6-17(24-3)7-5-16/h4-7,15H,8-14H2,1-3H3,(H,19,22)/t15-/m0/s1. The van der Waals surface area contributed by atoms with Gasteiger partial charge in [-0.1, -0.05) is 12.1 Å². The number of methoxy groups -OCH3 is 2. The second-order valence-corrected chi connectivity index (χ2v) is 6.23. The van der Waals surface area contributed by atoms with Crippen LogP contribution in [0.2, 0.25) is 0 Å². The molecule has 1 aromatic carbocycles. The van der Waals surface area contributed by atoms with Crippen molar-refractivity contribution in [1.82, 2.24) is 15.1 Å². The molecule has 134 valence electrons. The molecular formula is C18H29N3O3. The Morgan fingerprint density at radius 3 is 2.42 bits per heavy atom. The van der Waals surface area contributed by atoms with Crippen LogP contribution in [0.25, 0.3) is 0 Å². The van der Waals surface area contributed by atoms with E-state index >= 15 is 0 Å². The smallest absolute Gasteiger partial charge is 0.317 e. The third kappa shape index (κ3) is 5.69. The van der Waals surface area contributed by atoms with Gasteiger partial charge < -0.3 is 19.7 Å². The second-order valence-electron chi connectivity index (χ2n) is 6.23. The van der Waals surface area contributed by atoms with E-state index in [1.807, 2.05) is 24.0 Å². The van der Waals surface area contributed by atoms with Crippen molar-refractivity contribution in [3.8, 4) is 5.75 Å². The predicted molar refractivity (Wildman–Crippen MR) is 94.6 cm³/mol. The molecule has 0 unspecified atom stereocenters. The SMILES string of the molecule is COC[C@H](C)NC(=O)N1CCN(CCc2ccc(OC)cc2)CC1. The molecule has 6 nitrogen and oxygen atoms in total. The van der Waals surface area contributed by atoms with Crippen LogP contribution in [0.5, 0.6) is 5.75 Å². The fourth-order valence-corrected chi connectivity index (χ4v) is 2.85. The Kier molecular flexibility index (Phi) is 7.34. The van der Waals surface area contributed by atoms with Gasteiger partial charge in [-0.15, -0.1) is 0 Å². The lowest BCUT2D eigenvalue weighted by molar-refractivity contribution is 0.129. The fraction of sp³-hybridized carbons (Fsp3) is 0.611. The van der Waals surface area contributed by atoms with E-state index < -0.39 is 0 Å². The zero-order chi connectivity index (χ0) is 17.4. The van der Waals surface area contributed by atoms with Gasteiger partial charge in [-0.05, 0) is 31.0 Å². The molecule has 1 aromatic rings. The summed E-state index contributed by atoms with van der Waals surface area (Å²) >= 11 is 0. The van der Waals surface area contributed by atoms with Gasteiger partial charge >= 0.3 is 6.03 Å². The van der Waals surface area contributed by atoms with Gasteiger partial charge in [0.15, 0.2) is 0 Å². The molecule has 1 atom stereocenters. The van der Waals surface area contributed by atoms with Crippen molar-refractivity contribution in [3.05, 3.63) is 29.8 Å². The van der Waals surface area contributed by atoms with E-state index in [-0.39, 0.29) is 12.1 Å². The summed E-state index contributed by atoms with van der Waals surface area (Å²) in [5, 5.41) is 2.97. The quantitative estimate of drug-likeness (QED) is 0.822. The lowest BCUT2D eigenvalue weighted by Gasteiger charge is -2.35. The van der Waals surface area contributed by atoms with Crippen molar-refractivity contribution in [2.45, 2.75) is 19.4 Å². The first kappa shape index (κ1) is 18.5. The van der Waals surface area contributed by atoms with Gasteiger partial charge in [0.2, 0.25) is 0 Å². The molecule has 1 heterocycles. The Labute approximate surface area is 144 Å². The molecule has 1 N–H and O–H groups in total. The number of piperazine rings is 1. The monoisotopic (exact) mass is 335 g/mol. The summed E-state index contributed by atoms with van der Waals surface area (Å²) in [6.45, 7) is 6.88. The van der Waals surface area contributed by atoms with Crippen LogP contribution in [-0.2, 0) is 11.2 Å². The van der Waals surface area contributed by atoms with Crippen LogP contribution in [0, 0.1) is 0 Å². The molecule has 1 saturated heterocycles. The van der Waals surface area contributed by atoms with Crippen LogP contribution >= 0.6 is 0 Å². The molecule has 0 aliphatic carbocycles. The Hall–Kier alpha value is -1.79. The number of urea groups is 1. The van der Waals surface area contributed by atoms with E-state index in [9.17, 15) is 4.79 Å². The molecule has 0 radical (unpaired) electrons. The van der Waals surface area contributed by atoms with E-state index in [0.717, 1.165) is 44.9 Å². The summed E-state index contributed by atoms with van der Waals surface area (Å²) in [7, 11) is 3.32. The third-order valence-corrected chi connectivity index (χ3v) is 4.32. The molecule has 24 heavy (non-hydrogen) atoms. The number of nitrogens with one attached hydrogen (secondary N) is 1. The van der Waals surface area contributed by atoms with Crippen LogP contribution in [0.4, 0.5) is 4.79 Å². The molecule has 1 aliphatic rings. The Morgan fingerprint density at radius 1 is 1.17 bits per heavy atom. The average Bonchev–Trinajstić information content (AvgIpc) is 2.61. The highest BCUT2D eigenvalue weighted by atomic mass is 16.5. The molecule has 0 spiro atoms. The zero-order valence-corrected chi connectivity index (χ0v) is 15.0. The van der Waals surface area contributed by atoms with Crippen molar-refractivity contribution in [2.24, 2.45) is 0 Å². The minimum atomic E-state index is 0.00866. The zero-order valence-electron chi connectivity index (χ0n) is 15.0. The van der Waals surface area contributed by atoms with E-state index in [4.69, 9.17) is 9.47 Å². The molecule has 0 saturated carbocycles. The maximum Gasteiger partial charge on any atom is 0.317 e. The summed E-state index contributed by atoms with van der Waals surface area (Å²) in [4.78, 5) is 16.5. The van der Waals surface area contributed by atoms with Gasteiger partial charge in [0.25, 0.3) is 0 Å². The normalized spacial score (nSPS) is 16.7. The van der Waals surface area contributed by atoms with Gasteiger partial charge in [0.05, 0.1) is 19.8 Å². The number of hydrogen-bond acceptors (Lipinski definition) is 4. The number of amides is 2. The first-order chi connectivity index (χ1) is 11.6.